The van der Waals surface area contributed by atoms with Crippen LogP contribution in [0.25, 0.3) is 21.9 Å². The summed E-state index contributed by atoms with van der Waals surface area (Å²) in [4.78, 5) is 0. The van der Waals surface area contributed by atoms with Crippen LogP contribution < -0.4 is 0 Å². The SMILES string of the molecule is CCC(CC)c1cccc2oc3ccccc3c12. The molecule has 1 aromatic heterocycles. The molecule has 1 heterocycles. The van der Waals surface area contributed by atoms with E-state index in [9.17, 15) is 0 Å². The number of hydrogen-bond donors (Lipinski definition) is 0. The van der Waals surface area contributed by atoms with Gasteiger partial charge in [0.05, 0.1) is 0 Å². The molecule has 1 heteroatoms. The molecule has 0 aliphatic heterocycles. The number of benzene rings is 2. The van der Waals surface area contributed by atoms with Gasteiger partial charge < -0.3 is 4.42 Å². The van der Waals surface area contributed by atoms with Crippen molar-refractivity contribution in [2.24, 2.45) is 0 Å². The summed E-state index contributed by atoms with van der Waals surface area (Å²) in [6.45, 7) is 4.52. The molecule has 0 fully saturated rings. The maximum absolute atomic E-state index is 5.93. The molecule has 0 spiro atoms. The Kier molecular flexibility index (Phi) is 2.83. The molecule has 0 atom stereocenters. The van der Waals surface area contributed by atoms with Crippen molar-refractivity contribution in [1.29, 1.82) is 0 Å². The summed E-state index contributed by atoms with van der Waals surface area (Å²) in [5.74, 6) is 0.620. The Morgan fingerprint density at radius 1 is 0.889 bits per heavy atom. The van der Waals surface area contributed by atoms with Gasteiger partial charge in [-0.3, -0.25) is 0 Å². The Bertz CT molecular complexity index is 674. The summed E-state index contributed by atoms with van der Waals surface area (Å²) in [6.07, 6.45) is 2.35. The van der Waals surface area contributed by atoms with Crippen LogP contribution >= 0.6 is 0 Å². The van der Waals surface area contributed by atoms with Gasteiger partial charge in [-0.15, -0.1) is 0 Å². The van der Waals surface area contributed by atoms with E-state index in [4.69, 9.17) is 4.42 Å². The van der Waals surface area contributed by atoms with Gasteiger partial charge in [0.1, 0.15) is 11.2 Å². The van der Waals surface area contributed by atoms with Gasteiger partial charge in [0.2, 0.25) is 0 Å². The zero-order valence-corrected chi connectivity index (χ0v) is 10.9. The van der Waals surface area contributed by atoms with E-state index in [2.05, 4.69) is 44.2 Å². The molecule has 2 aromatic carbocycles. The van der Waals surface area contributed by atoms with Crippen molar-refractivity contribution in [2.45, 2.75) is 32.6 Å². The highest BCUT2D eigenvalue weighted by atomic mass is 16.3. The van der Waals surface area contributed by atoms with Crippen LogP contribution in [0.2, 0.25) is 0 Å². The maximum Gasteiger partial charge on any atom is 0.135 e. The van der Waals surface area contributed by atoms with Crippen LogP contribution in [0.15, 0.2) is 46.9 Å². The summed E-state index contributed by atoms with van der Waals surface area (Å²) < 4.78 is 5.93. The molecule has 3 rings (SSSR count). The minimum Gasteiger partial charge on any atom is -0.456 e. The van der Waals surface area contributed by atoms with Crippen molar-refractivity contribution >= 4 is 21.9 Å². The molecule has 0 unspecified atom stereocenters. The minimum atomic E-state index is 0.620. The van der Waals surface area contributed by atoms with Crippen LogP contribution in [0, 0.1) is 0 Å². The Morgan fingerprint density at radius 3 is 2.39 bits per heavy atom. The third-order valence-corrected chi connectivity index (χ3v) is 3.86. The molecular weight excluding hydrogens is 220 g/mol. The van der Waals surface area contributed by atoms with Gasteiger partial charge in [0.25, 0.3) is 0 Å². The van der Waals surface area contributed by atoms with E-state index >= 15 is 0 Å². The Balaban J connectivity index is 2.38. The van der Waals surface area contributed by atoms with Crippen LogP contribution in [0.3, 0.4) is 0 Å². The second-order valence-electron chi connectivity index (χ2n) is 4.83. The van der Waals surface area contributed by atoms with Gasteiger partial charge in [0, 0.05) is 10.8 Å². The van der Waals surface area contributed by atoms with Crippen LogP contribution in [0.1, 0.15) is 38.2 Å². The van der Waals surface area contributed by atoms with Gasteiger partial charge >= 0.3 is 0 Å². The Morgan fingerprint density at radius 2 is 1.61 bits per heavy atom. The number of furan rings is 1. The van der Waals surface area contributed by atoms with Gasteiger partial charge in [-0.05, 0) is 36.5 Å². The van der Waals surface area contributed by atoms with Crippen LogP contribution in [0.4, 0.5) is 0 Å². The predicted molar refractivity (Wildman–Crippen MR) is 77.0 cm³/mol. The topological polar surface area (TPSA) is 13.1 Å². The predicted octanol–water partition coefficient (Wildman–Crippen LogP) is 5.49. The quantitative estimate of drug-likeness (QED) is 0.588. The van der Waals surface area contributed by atoms with Crippen molar-refractivity contribution < 1.29 is 4.42 Å². The van der Waals surface area contributed by atoms with Gasteiger partial charge in [-0.25, -0.2) is 0 Å². The van der Waals surface area contributed by atoms with E-state index in [-0.39, 0.29) is 0 Å². The molecule has 0 aliphatic rings. The second kappa shape index (κ2) is 4.49. The summed E-state index contributed by atoms with van der Waals surface area (Å²) in [5, 5.41) is 2.55. The smallest absolute Gasteiger partial charge is 0.135 e. The highest BCUT2D eigenvalue weighted by Crippen LogP contribution is 2.36. The maximum atomic E-state index is 5.93. The molecule has 0 bridgehead atoms. The zero-order chi connectivity index (χ0) is 12.5. The highest BCUT2D eigenvalue weighted by molar-refractivity contribution is 6.06. The summed E-state index contributed by atoms with van der Waals surface area (Å²) in [7, 11) is 0. The normalized spacial score (nSPS) is 11.7. The molecular formula is C17H18O. The lowest BCUT2D eigenvalue weighted by atomic mass is 9.90. The first-order chi connectivity index (χ1) is 8.85. The lowest BCUT2D eigenvalue weighted by Gasteiger charge is -2.13. The largest absolute Gasteiger partial charge is 0.456 e. The van der Waals surface area contributed by atoms with Gasteiger partial charge in [0.15, 0.2) is 0 Å². The van der Waals surface area contributed by atoms with Crippen molar-refractivity contribution in [3.05, 3.63) is 48.0 Å². The van der Waals surface area contributed by atoms with Crippen molar-refractivity contribution in [1.82, 2.24) is 0 Å². The third-order valence-electron chi connectivity index (χ3n) is 3.86. The first-order valence-corrected chi connectivity index (χ1v) is 6.75. The minimum absolute atomic E-state index is 0.620. The van der Waals surface area contributed by atoms with E-state index < -0.39 is 0 Å². The number of rotatable bonds is 3. The van der Waals surface area contributed by atoms with E-state index in [1.165, 1.54) is 29.2 Å². The van der Waals surface area contributed by atoms with Crippen LogP contribution in [-0.2, 0) is 0 Å². The second-order valence-corrected chi connectivity index (χ2v) is 4.83. The number of para-hydroxylation sites is 1. The highest BCUT2D eigenvalue weighted by Gasteiger charge is 2.15. The fourth-order valence-corrected chi connectivity index (χ4v) is 2.87. The van der Waals surface area contributed by atoms with Crippen molar-refractivity contribution in [3.8, 4) is 0 Å². The lowest BCUT2D eigenvalue weighted by molar-refractivity contribution is 0.643. The fourth-order valence-electron chi connectivity index (χ4n) is 2.87. The number of hydrogen-bond acceptors (Lipinski definition) is 1. The molecule has 92 valence electrons. The fraction of sp³-hybridized carbons (Fsp3) is 0.294. The van der Waals surface area contributed by atoms with E-state index in [1.54, 1.807) is 0 Å². The molecule has 0 radical (unpaired) electrons. The van der Waals surface area contributed by atoms with Crippen LogP contribution in [-0.4, -0.2) is 0 Å². The Hall–Kier alpha value is -1.76. The van der Waals surface area contributed by atoms with E-state index in [1.807, 2.05) is 12.1 Å². The molecule has 0 saturated carbocycles. The van der Waals surface area contributed by atoms with E-state index in [0.717, 1.165) is 11.2 Å². The van der Waals surface area contributed by atoms with Crippen LogP contribution in [0.5, 0.6) is 0 Å². The third kappa shape index (κ3) is 1.62. The molecule has 0 aliphatic carbocycles. The molecule has 0 saturated heterocycles. The monoisotopic (exact) mass is 238 g/mol. The standard InChI is InChI=1S/C17H18O/c1-3-12(4-2)13-9-7-11-16-17(13)14-8-5-6-10-15(14)18-16/h5-12H,3-4H2,1-2H3. The molecule has 18 heavy (non-hydrogen) atoms. The summed E-state index contributed by atoms with van der Waals surface area (Å²) in [6, 6.07) is 14.8. The first kappa shape index (κ1) is 11.3. The van der Waals surface area contributed by atoms with Gasteiger partial charge in [-0.1, -0.05) is 44.2 Å². The number of fused-ring (bicyclic) bond motifs is 3. The average molecular weight is 238 g/mol. The Labute approximate surface area is 107 Å². The molecule has 1 nitrogen and oxygen atoms in total. The first-order valence-electron chi connectivity index (χ1n) is 6.75. The van der Waals surface area contributed by atoms with Gasteiger partial charge in [-0.2, -0.15) is 0 Å². The molecule has 0 N–H and O–H groups in total. The zero-order valence-electron chi connectivity index (χ0n) is 10.9. The molecule has 3 aromatic rings. The van der Waals surface area contributed by atoms with E-state index in [0.29, 0.717) is 5.92 Å². The van der Waals surface area contributed by atoms with Crippen molar-refractivity contribution in [3.63, 3.8) is 0 Å². The van der Waals surface area contributed by atoms with Crippen molar-refractivity contribution in [2.75, 3.05) is 0 Å². The summed E-state index contributed by atoms with van der Waals surface area (Å²) >= 11 is 0. The average Bonchev–Trinajstić information content (AvgIpc) is 2.79. The lowest BCUT2D eigenvalue weighted by Crippen LogP contribution is -1.95. The summed E-state index contributed by atoms with van der Waals surface area (Å²) in [5.41, 5.74) is 3.44. The molecule has 0 amide bonds.